The Morgan fingerprint density at radius 1 is 1.14 bits per heavy atom. The molecule has 9 heteroatoms. The van der Waals surface area contributed by atoms with Gasteiger partial charge in [0.05, 0.1) is 21.5 Å². The van der Waals surface area contributed by atoms with Crippen molar-refractivity contribution >= 4 is 57.2 Å². The highest BCUT2D eigenvalue weighted by atomic mass is 35.5. The normalized spacial score (nSPS) is 12.8. The second-order valence-electron chi connectivity index (χ2n) is 8.65. The van der Waals surface area contributed by atoms with Crippen LogP contribution in [-0.2, 0) is 4.79 Å². The topological polar surface area (TPSA) is 99.6 Å². The molecule has 0 saturated heterocycles. The molecule has 0 saturated carbocycles. The number of benzene rings is 2. The number of carbonyl (C=O) groups is 2. The maximum atomic E-state index is 13.2. The monoisotopic (exact) mass is 526 g/mol. The Bertz CT molecular complexity index is 1270. The molecule has 1 heterocycles. The Hall–Kier alpha value is -2.94. The number of carbonyl (C=O) groups excluding carboxylic acids is 2. The lowest BCUT2D eigenvalue weighted by Gasteiger charge is -2.31. The van der Waals surface area contributed by atoms with Gasteiger partial charge in [-0.25, -0.2) is 0 Å². The van der Waals surface area contributed by atoms with E-state index in [1.54, 1.807) is 37.6 Å². The lowest BCUT2D eigenvalue weighted by atomic mass is 9.73. The second kappa shape index (κ2) is 11.2. The van der Waals surface area contributed by atoms with Gasteiger partial charge in [0.1, 0.15) is 0 Å². The first-order valence-electron chi connectivity index (χ1n) is 10.8. The van der Waals surface area contributed by atoms with Gasteiger partial charge in [-0.3, -0.25) is 9.59 Å². The fourth-order valence-electron chi connectivity index (χ4n) is 3.78. The number of thioether (sulfide) groups is 1. The average Bonchev–Trinajstić information content (AvgIpc) is 3.28. The van der Waals surface area contributed by atoms with Gasteiger partial charge in [0.15, 0.2) is 5.17 Å². The molecule has 6 nitrogen and oxygen atoms in total. The molecule has 0 spiro atoms. The average molecular weight is 527 g/mol. The van der Waals surface area contributed by atoms with Crippen molar-refractivity contribution < 1.29 is 9.59 Å². The molecule has 35 heavy (non-hydrogen) atoms. The van der Waals surface area contributed by atoms with Crippen LogP contribution in [0.4, 0.5) is 0 Å². The van der Waals surface area contributed by atoms with Crippen molar-refractivity contribution in [3.05, 3.63) is 81.7 Å². The Morgan fingerprint density at radius 2 is 1.83 bits per heavy atom. The zero-order chi connectivity index (χ0) is 25.8. The molecule has 182 valence electrons. The molecular formula is C26H27ClN4O2S2. The third kappa shape index (κ3) is 6.01. The van der Waals surface area contributed by atoms with Gasteiger partial charge in [-0.2, -0.15) is 4.99 Å². The van der Waals surface area contributed by atoms with E-state index in [1.165, 1.54) is 4.90 Å². The number of hydrogen-bond donors (Lipinski definition) is 2. The summed E-state index contributed by atoms with van der Waals surface area (Å²) in [4.78, 5) is 33.0. The highest BCUT2D eigenvalue weighted by molar-refractivity contribution is 8.24. The molecule has 1 atom stereocenters. The molecule has 3 rings (SSSR count). The molecule has 3 aromatic rings. The quantitative estimate of drug-likeness (QED) is 0.286. The summed E-state index contributed by atoms with van der Waals surface area (Å²) >= 11 is 8.90. The predicted molar refractivity (Wildman–Crippen MR) is 148 cm³/mol. The first-order chi connectivity index (χ1) is 16.6. The molecular weight excluding hydrogens is 500 g/mol. The summed E-state index contributed by atoms with van der Waals surface area (Å²) in [7, 11) is 3.37. The van der Waals surface area contributed by atoms with E-state index < -0.39 is 5.41 Å². The number of nitrogens with one attached hydrogen (secondary N) is 1. The number of rotatable bonds is 7. The van der Waals surface area contributed by atoms with Crippen molar-refractivity contribution in [2.75, 3.05) is 14.1 Å². The predicted octanol–water partition coefficient (Wildman–Crippen LogP) is 6.11. The second-order valence-corrected chi connectivity index (χ2v) is 11.1. The van der Waals surface area contributed by atoms with Crippen LogP contribution in [0.2, 0.25) is 5.02 Å². The minimum atomic E-state index is -0.906. The summed E-state index contributed by atoms with van der Waals surface area (Å²) in [6.07, 6.45) is 0. The number of hydrogen-bond acceptors (Lipinski definition) is 5. The summed E-state index contributed by atoms with van der Waals surface area (Å²) in [5.74, 6) is -0.789. The van der Waals surface area contributed by atoms with E-state index >= 15 is 0 Å². The van der Waals surface area contributed by atoms with Crippen LogP contribution in [0.1, 0.15) is 40.6 Å². The van der Waals surface area contributed by atoms with Gasteiger partial charge < -0.3 is 16.0 Å². The van der Waals surface area contributed by atoms with E-state index in [9.17, 15) is 9.59 Å². The van der Waals surface area contributed by atoms with Crippen LogP contribution < -0.4 is 5.73 Å². The molecule has 3 N–H and O–H groups in total. The van der Waals surface area contributed by atoms with E-state index in [1.807, 2.05) is 62.4 Å². The number of amides is 2. The standard InChI is InChI=1S/C26H27ClN4O2S2/c1-26(2,24(33)30-25(29)34-15-28)22(16-8-6-5-7-9-16)21-13-12-20(35-21)17-10-11-18(19(27)14-17)23(32)31(3)4/h5-15,22,28H,1-4H3,(H2,29,30,33). The van der Waals surface area contributed by atoms with Crippen LogP contribution >= 0.6 is 34.7 Å². The third-order valence-corrected chi connectivity index (χ3v) is 7.56. The van der Waals surface area contributed by atoms with Crippen LogP contribution in [0.15, 0.2) is 65.7 Å². The van der Waals surface area contributed by atoms with Crippen molar-refractivity contribution in [1.29, 1.82) is 5.41 Å². The highest BCUT2D eigenvalue weighted by Crippen LogP contribution is 2.46. The molecule has 0 aliphatic rings. The molecule has 0 fully saturated rings. The van der Waals surface area contributed by atoms with Gasteiger partial charge in [-0.1, -0.05) is 48.0 Å². The first kappa shape index (κ1) is 26.7. The van der Waals surface area contributed by atoms with Gasteiger partial charge in [-0.05, 0) is 61.0 Å². The van der Waals surface area contributed by atoms with Crippen LogP contribution in [0, 0.1) is 10.8 Å². The number of thiophene rings is 1. The van der Waals surface area contributed by atoms with E-state index in [-0.39, 0.29) is 22.9 Å². The van der Waals surface area contributed by atoms with Crippen LogP contribution in [0.3, 0.4) is 0 Å². The lowest BCUT2D eigenvalue weighted by molar-refractivity contribution is -0.126. The molecule has 2 amide bonds. The van der Waals surface area contributed by atoms with Crippen LogP contribution in [-0.4, -0.2) is 41.5 Å². The van der Waals surface area contributed by atoms with Crippen molar-refractivity contribution in [2.24, 2.45) is 16.1 Å². The molecule has 0 aliphatic carbocycles. The number of aliphatic imine (C=N–C) groups is 1. The van der Waals surface area contributed by atoms with E-state index in [0.717, 1.165) is 38.2 Å². The third-order valence-electron chi connectivity index (χ3n) is 5.60. The van der Waals surface area contributed by atoms with Gasteiger partial charge in [0, 0.05) is 29.8 Å². The SMILES string of the molecule is CN(C)C(=O)c1ccc(-c2ccc(C(c3ccccc3)C(C)(C)C(=O)N=C(N)SC=N)s2)cc1Cl. The van der Waals surface area contributed by atoms with E-state index in [0.29, 0.717) is 10.6 Å². The summed E-state index contributed by atoms with van der Waals surface area (Å²) in [6.45, 7) is 3.72. The zero-order valence-corrected chi connectivity index (χ0v) is 22.3. The van der Waals surface area contributed by atoms with Crippen molar-refractivity contribution in [2.45, 2.75) is 19.8 Å². The van der Waals surface area contributed by atoms with Gasteiger partial charge in [0.2, 0.25) is 0 Å². The lowest BCUT2D eigenvalue weighted by Crippen LogP contribution is -2.32. The summed E-state index contributed by atoms with van der Waals surface area (Å²) in [6, 6.07) is 19.2. The zero-order valence-electron chi connectivity index (χ0n) is 19.9. The molecule has 0 bridgehead atoms. The minimum Gasteiger partial charge on any atom is -0.378 e. The Kier molecular flexibility index (Phi) is 8.53. The largest absolute Gasteiger partial charge is 0.378 e. The number of amidine groups is 1. The summed E-state index contributed by atoms with van der Waals surface area (Å²) in [5, 5.41) is 7.61. The highest BCUT2D eigenvalue weighted by Gasteiger charge is 2.40. The maximum Gasteiger partial charge on any atom is 0.254 e. The number of halogens is 1. The summed E-state index contributed by atoms with van der Waals surface area (Å²) in [5.41, 5.74) is 8.27. The molecule has 2 aromatic carbocycles. The van der Waals surface area contributed by atoms with Crippen LogP contribution in [0.25, 0.3) is 10.4 Å². The minimum absolute atomic E-state index is 0.0405. The van der Waals surface area contributed by atoms with Crippen LogP contribution in [0.5, 0.6) is 0 Å². The molecule has 0 radical (unpaired) electrons. The molecule has 1 unspecified atom stereocenters. The van der Waals surface area contributed by atoms with Crippen molar-refractivity contribution in [3.63, 3.8) is 0 Å². The number of nitrogens with zero attached hydrogens (tertiary/aromatic N) is 2. The van der Waals surface area contributed by atoms with Crippen molar-refractivity contribution in [1.82, 2.24) is 4.90 Å². The summed E-state index contributed by atoms with van der Waals surface area (Å²) < 4.78 is 0. The maximum absolute atomic E-state index is 13.2. The Morgan fingerprint density at radius 3 is 2.43 bits per heavy atom. The Labute approximate surface area is 218 Å². The van der Waals surface area contributed by atoms with E-state index in [2.05, 4.69) is 4.99 Å². The Balaban J connectivity index is 2.03. The van der Waals surface area contributed by atoms with Gasteiger partial charge >= 0.3 is 0 Å². The molecule has 1 aromatic heterocycles. The van der Waals surface area contributed by atoms with Crippen molar-refractivity contribution in [3.8, 4) is 10.4 Å². The fourth-order valence-corrected chi connectivity index (χ4v) is 5.62. The smallest absolute Gasteiger partial charge is 0.254 e. The number of nitrogens with two attached hydrogens (primary N) is 1. The first-order valence-corrected chi connectivity index (χ1v) is 12.8. The fraction of sp³-hybridized carbons (Fsp3) is 0.231. The van der Waals surface area contributed by atoms with Gasteiger partial charge in [-0.15, -0.1) is 11.3 Å². The van der Waals surface area contributed by atoms with E-state index in [4.69, 9.17) is 22.7 Å². The molecule has 0 aliphatic heterocycles. The van der Waals surface area contributed by atoms with Gasteiger partial charge in [0.25, 0.3) is 11.8 Å².